The van der Waals surface area contributed by atoms with Gasteiger partial charge in [-0.25, -0.2) is 0 Å². The fourth-order valence-electron chi connectivity index (χ4n) is 2.02. The molecule has 1 N–H and O–H groups in total. The number of para-hydroxylation sites is 1. The molecule has 0 heterocycles. The highest BCUT2D eigenvalue weighted by molar-refractivity contribution is 5.58. The topological polar surface area (TPSA) is 15.3 Å². The van der Waals surface area contributed by atoms with E-state index in [0.717, 1.165) is 13.1 Å². The van der Waals surface area contributed by atoms with E-state index in [-0.39, 0.29) is 0 Å². The van der Waals surface area contributed by atoms with Gasteiger partial charge in [-0.2, -0.15) is 0 Å². The van der Waals surface area contributed by atoms with Gasteiger partial charge in [0.1, 0.15) is 0 Å². The number of hydrogen-bond acceptors (Lipinski definition) is 2. The first kappa shape index (κ1) is 14.0. The van der Waals surface area contributed by atoms with Gasteiger partial charge in [-0.05, 0) is 51.0 Å². The van der Waals surface area contributed by atoms with Crippen LogP contribution in [0.4, 0.5) is 5.69 Å². The number of nitrogens with one attached hydrogen (secondary N) is 1. The molecule has 0 unspecified atom stereocenters. The summed E-state index contributed by atoms with van der Waals surface area (Å²) >= 11 is 0. The molecule has 0 bridgehead atoms. The van der Waals surface area contributed by atoms with Crippen LogP contribution in [0.1, 0.15) is 37.3 Å². The number of anilines is 1. The molecule has 0 aromatic heterocycles. The van der Waals surface area contributed by atoms with E-state index >= 15 is 0 Å². The van der Waals surface area contributed by atoms with Crippen LogP contribution in [0.15, 0.2) is 18.2 Å². The third kappa shape index (κ3) is 4.39. The third-order valence-electron chi connectivity index (χ3n) is 3.01. The predicted molar refractivity (Wildman–Crippen MR) is 76.9 cm³/mol. The molecule has 0 radical (unpaired) electrons. The molecule has 0 saturated heterocycles. The number of nitrogens with zero attached hydrogens (tertiary/aromatic N) is 1. The van der Waals surface area contributed by atoms with Crippen molar-refractivity contribution < 1.29 is 0 Å². The van der Waals surface area contributed by atoms with Gasteiger partial charge in [-0.15, -0.1) is 0 Å². The molecular weight excluding hydrogens is 208 g/mol. The lowest BCUT2D eigenvalue weighted by Crippen LogP contribution is -2.17. The van der Waals surface area contributed by atoms with Crippen molar-refractivity contribution in [2.45, 2.75) is 33.1 Å². The van der Waals surface area contributed by atoms with Gasteiger partial charge in [0.25, 0.3) is 0 Å². The molecule has 1 aromatic carbocycles. The minimum Gasteiger partial charge on any atom is -0.385 e. The SMILES string of the molecule is Cc1cccc(C(C)C)c1NCCCN(C)C. The second kappa shape index (κ2) is 6.65. The predicted octanol–water partition coefficient (Wildman–Crippen LogP) is 3.48. The van der Waals surface area contributed by atoms with E-state index in [1.54, 1.807) is 0 Å². The molecule has 0 aliphatic carbocycles. The third-order valence-corrected chi connectivity index (χ3v) is 3.01. The fourth-order valence-corrected chi connectivity index (χ4v) is 2.02. The number of rotatable bonds is 6. The van der Waals surface area contributed by atoms with E-state index in [2.05, 4.69) is 63.3 Å². The van der Waals surface area contributed by atoms with Crippen LogP contribution in [0.5, 0.6) is 0 Å². The van der Waals surface area contributed by atoms with Crippen molar-refractivity contribution in [3.63, 3.8) is 0 Å². The van der Waals surface area contributed by atoms with Crippen LogP contribution in [-0.2, 0) is 0 Å². The summed E-state index contributed by atoms with van der Waals surface area (Å²) in [7, 11) is 4.24. The average molecular weight is 234 g/mol. The number of hydrogen-bond donors (Lipinski definition) is 1. The van der Waals surface area contributed by atoms with E-state index in [1.165, 1.54) is 23.2 Å². The second-order valence-electron chi connectivity index (χ2n) is 5.28. The maximum atomic E-state index is 3.59. The Labute approximate surface area is 106 Å². The highest BCUT2D eigenvalue weighted by Gasteiger charge is 2.07. The molecule has 0 amide bonds. The van der Waals surface area contributed by atoms with Gasteiger partial charge in [-0.3, -0.25) is 0 Å². The van der Waals surface area contributed by atoms with Crippen molar-refractivity contribution in [1.29, 1.82) is 0 Å². The Bertz CT molecular complexity index is 343. The van der Waals surface area contributed by atoms with Crippen molar-refractivity contribution >= 4 is 5.69 Å². The first-order chi connectivity index (χ1) is 8.02. The van der Waals surface area contributed by atoms with Crippen molar-refractivity contribution in [3.8, 4) is 0 Å². The van der Waals surface area contributed by atoms with Gasteiger partial charge in [0.15, 0.2) is 0 Å². The molecule has 1 rings (SSSR count). The molecule has 96 valence electrons. The summed E-state index contributed by atoms with van der Waals surface area (Å²) in [6.07, 6.45) is 1.18. The van der Waals surface area contributed by atoms with E-state index < -0.39 is 0 Å². The van der Waals surface area contributed by atoms with E-state index in [0.29, 0.717) is 5.92 Å². The molecule has 0 aliphatic rings. The zero-order valence-corrected chi connectivity index (χ0v) is 11.9. The zero-order chi connectivity index (χ0) is 12.8. The summed E-state index contributed by atoms with van der Waals surface area (Å²) in [6, 6.07) is 6.56. The molecule has 0 saturated carbocycles. The van der Waals surface area contributed by atoms with Gasteiger partial charge in [0, 0.05) is 12.2 Å². The van der Waals surface area contributed by atoms with Gasteiger partial charge < -0.3 is 10.2 Å². The van der Waals surface area contributed by atoms with Crippen molar-refractivity contribution in [1.82, 2.24) is 4.90 Å². The van der Waals surface area contributed by atoms with E-state index in [4.69, 9.17) is 0 Å². The Hall–Kier alpha value is -1.02. The van der Waals surface area contributed by atoms with Gasteiger partial charge in [0.2, 0.25) is 0 Å². The normalized spacial score (nSPS) is 11.2. The first-order valence-corrected chi connectivity index (χ1v) is 6.50. The summed E-state index contributed by atoms with van der Waals surface area (Å²) in [4.78, 5) is 2.23. The van der Waals surface area contributed by atoms with Crippen molar-refractivity contribution in [2.75, 3.05) is 32.5 Å². The number of benzene rings is 1. The number of aryl methyl sites for hydroxylation is 1. The highest BCUT2D eigenvalue weighted by Crippen LogP contribution is 2.27. The molecule has 2 nitrogen and oxygen atoms in total. The van der Waals surface area contributed by atoms with E-state index in [9.17, 15) is 0 Å². The minimum atomic E-state index is 0.575. The quantitative estimate of drug-likeness (QED) is 0.758. The minimum absolute atomic E-state index is 0.575. The maximum Gasteiger partial charge on any atom is 0.0405 e. The molecule has 17 heavy (non-hydrogen) atoms. The van der Waals surface area contributed by atoms with Crippen molar-refractivity contribution in [3.05, 3.63) is 29.3 Å². The average Bonchev–Trinajstić information content (AvgIpc) is 2.25. The standard InChI is InChI=1S/C15H26N2/c1-12(2)14-9-6-8-13(3)15(14)16-10-7-11-17(4)5/h6,8-9,12,16H,7,10-11H2,1-5H3. The summed E-state index contributed by atoms with van der Waals surface area (Å²) in [5, 5.41) is 3.59. The molecule has 2 heteroatoms. The lowest BCUT2D eigenvalue weighted by Gasteiger charge is -2.18. The summed E-state index contributed by atoms with van der Waals surface area (Å²) in [5.74, 6) is 0.575. The lowest BCUT2D eigenvalue weighted by atomic mass is 9.98. The molecular formula is C15H26N2. The van der Waals surface area contributed by atoms with Crippen LogP contribution in [0.25, 0.3) is 0 Å². The first-order valence-electron chi connectivity index (χ1n) is 6.50. The Morgan fingerprint density at radius 2 is 1.94 bits per heavy atom. The van der Waals surface area contributed by atoms with Crippen molar-refractivity contribution in [2.24, 2.45) is 0 Å². The van der Waals surface area contributed by atoms with E-state index in [1.807, 2.05) is 0 Å². The Kier molecular flexibility index (Phi) is 5.49. The van der Waals surface area contributed by atoms with Crippen LogP contribution in [-0.4, -0.2) is 32.1 Å². The largest absolute Gasteiger partial charge is 0.385 e. The Morgan fingerprint density at radius 1 is 1.24 bits per heavy atom. The maximum absolute atomic E-state index is 3.59. The summed E-state index contributed by atoms with van der Waals surface area (Å²) in [5.41, 5.74) is 4.11. The van der Waals surface area contributed by atoms with Crippen LogP contribution in [0.2, 0.25) is 0 Å². The van der Waals surface area contributed by atoms with Crippen LogP contribution < -0.4 is 5.32 Å². The van der Waals surface area contributed by atoms with Gasteiger partial charge >= 0.3 is 0 Å². The van der Waals surface area contributed by atoms with Crippen LogP contribution in [0, 0.1) is 6.92 Å². The monoisotopic (exact) mass is 234 g/mol. The zero-order valence-electron chi connectivity index (χ0n) is 11.9. The van der Waals surface area contributed by atoms with Gasteiger partial charge in [0.05, 0.1) is 0 Å². The molecule has 0 atom stereocenters. The molecule has 0 spiro atoms. The highest BCUT2D eigenvalue weighted by atomic mass is 15.1. The summed E-state index contributed by atoms with van der Waals surface area (Å²) in [6.45, 7) is 8.86. The Balaban J connectivity index is 2.63. The van der Waals surface area contributed by atoms with Crippen LogP contribution in [0.3, 0.4) is 0 Å². The summed E-state index contributed by atoms with van der Waals surface area (Å²) < 4.78 is 0. The molecule has 0 aliphatic heterocycles. The molecule has 0 fully saturated rings. The Morgan fingerprint density at radius 3 is 2.53 bits per heavy atom. The lowest BCUT2D eigenvalue weighted by molar-refractivity contribution is 0.405. The van der Waals surface area contributed by atoms with Gasteiger partial charge in [-0.1, -0.05) is 32.0 Å². The van der Waals surface area contributed by atoms with Crippen LogP contribution >= 0.6 is 0 Å². The fraction of sp³-hybridized carbons (Fsp3) is 0.600. The molecule has 1 aromatic rings. The smallest absolute Gasteiger partial charge is 0.0405 e. The second-order valence-corrected chi connectivity index (χ2v) is 5.28.